The van der Waals surface area contributed by atoms with Crippen LogP contribution in [0.5, 0.6) is 11.5 Å². The van der Waals surface area contributed by atoms with Crippen LogP contribution in [-0.2, 0) is 0 Å². The smallest absolute Gasteiger partial charge is 0.315 e. The molecular formula is C21H13NO5. The third-order valence-corrected chi connectivity index (χ3v) is 4.52. The summed E-state index contributed by atoms with van der Waals surface area (Å²) in [5.41, 5.74) is 2.95. The number of hydrogen-bond acceptors (Lipinski definition) is 5. The van der Waals surface area contributed by atoms with Crippen LogP contribution < -0.4 is 0 Å². The maximum absolute atomic E-state index is 12.8. The standard InChI is InChI=1S/C21H13NO5/c23-19-11-12(10-18(21(19)25)22(26)27)9-17-13-5-1-3-7-15(13)20(24)16-8-4-2-6-14(16)17/h1-11,23,25H. The summed E-state index contributed by atoms with van der Waals surface area (Å²) in [4.78, 5) is 23.1. The van der Waals surface area contributed by atoms with Gasteiger partial charge in [-0.2, -0.15) is 0 Å². The van der Waals surface area contributed by atoms with Gasteiger partial charge in [-0.1, -0.05) is 48.5 Å². The van der Waals surface area contributed by atoms with Gasteiger partial charge in [-0.05, 0) is 34.4 Å². The van der Waals surface area contributed by atoms with Gasteiger partial charge in [-0.25, -0.2) is 0 Å². The predicted molar refractivity (Wildman–Crippen MR) is 99.7 cm³/mol. The number of phenols is 2. The summed E-state index contributed by atoms with van der Waals surface area (Å²) in [6.45, 7) is 0. The largest absolute Gasteiger partial charge is 0.504 e. The van der Waals surface area contributed by atoms with Crippen LogP contribution in [0.1, 0.15) is 32.6 Å². The zero-order valence-electron chi connectivity index (χ0n) is 13.9. The molecule has 0 saturated heterocycles. The molecule has 4 rings (SSSR count). The molecule has 27 heavy (non-hydrogen) atoms. The van der Waals surface area contributed by atoms with Crippen molar-refractivity contribution in [1.82, 2.24) is 0 Å². The van der Waals surface area contributed by atoms with Crippen molar-refractivity contribution >= 4 is 23.1 Å². The van der Waals surface area contributed by atoms with Crippen molar-refractivity contribution in [3.63, 3.8) is 0 Å². The average molecular weight is 359 g/mol. The van der Waals surface area contributed by atoms with E-state index in [1.165, 1.54) is 12.1 Å². The second-order valence-corrected chi connectivity index (χ2v) is 6.14. The number of fused-ring (bicyclic) bond motifs is 2. The van der Waals surface area contributed by atoms with Gasteiger partial charge in [0, 0.05) is 17.2 Å². The fourth-order valence-electron chi connectivity index (χ4n) is 3.29. The molecule has 0 heterocycles. The first-order valence-electron chi connectivity index (χ1n) is 8.13. The molecular weight excluding hydrogens is 346 g/mol. The van der Waals surface area contributed by atoms with Gasteiger partial charge in [-0.3, -0.25) is 14.9 Å². The Morgan fingerprint density at radius 2 is 1.37 bits per heavy atom. The van der Waals surface area contributed by atoms with Gasteiger partial charge < -0.3 is 10.2 Å². The Labute approximate surface area is 153 Å². The highest BCUT2D eigenvalue weighted by atomic mass is 16.6. The molecule has 3 aromatic rings. The summed E-state index contributed by atoms with van der Waals surface area (Å²) in [6.07, 6.45) is 1.66. The molecule has 0 amide bonds. The number of rotatable bonds is 2. The first-order chi connectivity index (χ1) is 13.0. The Morgan fingerprint density at radius 1 is 0.852 bits per heavy atom. The van der Waals surface area contributed by atoms with Crippen LogP contribution in [-0.4, -0.2) is 20.9 Å². The minimum absolute atomic E-state index is 0.0853. The number of nitrogens with zero attached hydrogens (tertiary/aromatic N) is 1. The maximum Gasteiger partial charge on any atom is 0.315 e. The van der Waals surface area contributed by atoms with Gasteiger partial charge in [-0.15, -0.1) is 0 Å². The number of nitro groups is 1. The zero-order chi connectivity index (χ0) is 19.1. The molecule has 0 radical (unpaired) electrons. The van der Waals surface area contributed by atoms with E-state index in [0.29, 0.717) is 33.4 Å². The van der Waals surface area contributed by atoms with E-state index in [0.717, 1.165) is 0 Å². The topological polar surface area (TPSA) is 101 Å². The molecule has 6 nitrogen and oxygen atoms in total. The number of aromatic hydroxyl groups is 2. The molecule has 0 aliphatic heterocycles. The minimum atomic E-state index is -0.776. The van der Waals surface area contributed by atoms with Crippen molar-refractivity contribution in [2.75, 3.05) is 0 Å². The molecule has 0 unspecified atom stereocenters. The lowest BCUT2D eigenvalue weighted by Gasteiger charge is -2.21. The highest BCUT2D eigenvalue weighted by Crippen LogP contribution is 2.40. The van der Waals surface area contributed by atoms with Crippen LogP contribution in [0.4, 0.5) is 5.69 Å². The molecule has 0 saturated carbocycles. The molecule has 1 aliphatic rings. The van der Waals surface area contributed by atoms with Crippen LogP contribution in [0.15, 0.2) is 60.7 Å². The molecule has 0 atom stereocenters. The summed E-state index contributed by atoms with van der Waals surface area (Å²) >= 11 is 0. The highest BCUT2D eigenvalue weighted by molar-refractivity contribution is 6.20. The number of phenolic OH excluding ortho intramolecular Hbond substituents is 2. The van der Waals surface area contributed by atoms with Gasteiger partial charge in [0.1, 0.15) is 0 Å². The molecule has 0 bridgehead atoms. The molecule has 132 valence electrons. The van der Waals surface area contributed by atoms with E-state index in [9.17, 15) is 25.1 Å². The number of carbonyl (C=O) groups is 1. The fraction of sp³-hybridized carbons (Fsp3) is 0. The molecule has 3 aromatic carbocycles. The normalized spacial score (nSPS) is 12.3. The summed E-state index contributed by atoms with van der Waals surface area (Å²) in [5.74, 6) is -1.44. The van der Waals surface area contributed by atoms with E-state index in [1.54, 1.807) is 30.3 Å². The van der Waals surface area contributed by atoms with Crippen LogP contribution in [0.25, 0.3) is 11.6 Å². The van der Waals surface area contributed by atoms with Gasteiger partial charge in [0.05, 0.1) is 4.92 Å². The van der Waals surface area contributed by atoms with Crippen LogP contribution in [0.3, 0.4) is 0 Å². The van der Waals surface area contributed by atoms with Crippen LogP contribution >= 0.6 is 0 Å². The maximum atomic E-state index is 12.8. The molecule has 0 spiro atoms. The van der Waals surface area contributed by atoms with Crippen molar-refractivity contribution in [2.24, 2.45) is 0 Å². The zero-order valence-corrected chi connectivity index (χ0v) is 13.9. The first-order valence-corrected chi connectivity index (χ1v) is 8.13. The van der Waals surface area contributed by atoms with Gasteiger partial charge >= 0.3 is 5.69 Å². The number of ketones is 1. The Kier molecular flexibility index (Phi) is 3.74. The van der Waals surface area contributed by atoms with Gasteiger partial charge in [0.25, 0.3) is 0 Å². The minimum Gasteiger partial charge on any atom is -0.504 e. The number of carbonyl (C=O) groups excluding carboxylic acids is 1. The van der Waals surface area contributed by atoms with Crippen molar-refractivity contribution in [1.29, 1.82) is 0 Å². The quantitative estimate of drug-likeness (QED) is 0.318. The summed E-state index contributed by atoms with van der Waals surface area (Å²) in [6, 6.07) is 16.7. The Morgan fingerprint density at radius 3 is 1.89 bits per heavy atom. The Hall–Kier alpha value is -3.93. The SMILES string of the molecule is O=C1c2ccccc2C(=Cc2cc(O)c(O)c([N+](=O)[O-])c2)c2ccccc21. The third kappa shape index (κ3) is 2.64. The van der Waals surface area contributed by atoms with Crippen molar-refractivity contribution in [3.05, 3.63) is 98.6 Å². The molecule has 0 aromatic heterocycles. The Balaban J connectivity index is 1.99. The molecule has 6 heteroatoms. The monoisotopic (exact) mass is 359 g/mol. The molecule has 2 N–H and O–H groups in total. The lowest BCUT2D eigenvalue weighted by atomic mass is 9.80. The summed E-state index contributed by atoms with van der Waals surface area (Å²) in [5, 5.41) is 30.7. The first kappa shape index (κ1) is 16.5. The van der Waals surface area contributed by atoms with Crippen molar-refractivity contribution in [2.45, 2.75) is 0 Å². The van der Waals surface area contributed by atoms with Gasteiger partial charge in [0.15, 0.2) is 11.5 Å². The van der Waals surface area contributed by atoms with Crippen LogP contribution in [0, 0.1) is 10.1 Å². The van der Waals surface area contributed by atoms with E-state index in [2.05, 4.69) is 0 Å². The second-order valence-electron chi connectivity index (χ2n) is 6.14. The summed E-state index contributed by atoms with van der Waals surface area (Å²) < 4.78 is 0. The summed E-state index contributed by atoms with van der Waals surface area (Å²) in [7, 11) is 0. The van der Waals surface area contributed by atoms with Crippen LogP contribution in [0.2, 0.25) is 0 Å². The average Bonchev–Trinajstić information content (AvgIpc) is 2.67. The van der Waals surface area contributed by atoms with E-state index >= 15 is 0 Å². The van der Waals surface area contributed by atoms with E-state index in [4.69, 9.17) is 0 Å². The van der Waals surface area contributed by atoms with E-state index in [-0.39, 0.29) is 5.78 Å². The van der Waals surface area contributed by atoms with Crippen molar-refractivity contribution < 1.29 is 19.9 Å². The number of nitro benzene ring substituents is 1. The van der Waals surface area contributed by atoms with E-state index < -0.39 is 22.1 Å². The number of hydrogen-bond donors (Lipinski definition) is 2. The molecule has 1 aliphatic carbocycles. The molecule has 0 fully saturated rings. The second kappa shape index (κ2) is 6.10. The Bertz CT molecular complexity index is 1100. The van der Waals surface area contributed by atoms with Gasteiger partial charge in [0.2, 0.25) is 5.75 Å². The number of benzene rings is 3. The highest BCUT2D eigenvalue weighted by Gasteiger charge is 2.26. The third-order valence-electron chi connectivity index (χ3n) is 4.52. The van der Waals surface area contributed by atoms with Crippen molar-refractivity contribution in [3.8, 4) is 11.5 Å². The lowest BCUT2D eigenvalue weighted by molar-refractivity contribution is -0.386. The van der Waals surface area contributed by atoms with E-state index in [1.807, 2.05) is 24.3 Å². The predicted octanol–water partition coefficient (Wildman–Crippen LogP) is 4.14. The lowest BCUT2D eigenvalue weighted by Crippen LogP contribution is -2.14. The fourth-order valence-corrected chi connectivity index (χ4v) is 3.29.